The second-order valence-electron chi connectivity index (χ2n) is 18.2. The van der Waals surface area contributed by atoms with Crippen LogP contribution in [0.25, 0.3) is 78.7 Å². The van der Waals surface area contributed by atoms with Gasteiger partial charge in [-0.3, -0.25) is 0 Å². The maximum Gasteiger partial charge on any atom is 0.164 e. The molecule has 3 heteroatoms. The van der Waals surface area contributed by atoms with Gasteiger partial charge < -0.3 is 0 Å². The van der Waals surface area contributed by atoms with Gasteiger partial charge in [-0.1, -0.05) is 243 Å². The van der Waals surface area contributed by atoms with E-state index in [-0.39, 0.29) is 0 Å². The maximum atomic E-state index is 5.38. The Bertz CT molecular complexity index is 3690. The van der Waals surface area contributed by atoms with Gasteiger partial charge in [-0.15, -0.1) is 0 Å². The summed E-state index contributed by atoms with van der Waals surface area (Å²) in [5.41, 5.74) is 21.7. The normalized spacial score (nSPS) is 13.8. The van der Waals surface area contributed by atoms with Gasteiger partial charge in [-0.05, 0) is 95.1 Å². The van der Waals surface area contributed by atoms with E-state index >= 15 is 0 Å². The molecule has 68 heavy (non-hydrogen) atoms. The van der Waals surface area contributed by atoms with Crippen molar-refractivity contribution in [3.05, 3.63) is 293 Å². The molecule has 14 rings (SSSR count). The lowest BCUT2D eigenvalue weighted by Crippen LogP contribution is -2.43. The van der Waals surface area contributed by atoms with Gasteiger partial charge in [-0.25, -0.2) is 15.0 Å². The monoisotopic (exact) mass is 863 g/mol. The van der Waals surface area contributed by atoms with Crippen LogP contribution in [0.3, 0.4) is 0 Å². The third-order valence-corrected chi connectivity index (χ3v) is 14.9. The molecule has 1 aromatic heterocycles. The Kier molecular flexibility index (Phi) is 8.41. The van der Waals surface area contributed by atoms with Gasteiger partial charge in [0.2, 0.25) is 0 Å². The van der Waals surface area contributed by atoms with Crippen molar-refractivity contribution in [2.75, 3.05) is 0 Å². The standard InChI is InChI=1S/C65H41N3/c1-3-17-42(18-4-1)43-31-33-44(34-32-43)45-35-37-47(38-36-45)62-66-61(46-19-5-2-6-20-46)67-63(68-62)48-39-40-59-60(41-48)65(55-27-13-9-23-51(55)52-24-10-14-28-56(52)65)58-30-16-15-29-57(58)64(59)53-25-11-7-21-49(53)50-22-8-12-26-54(50)64/h1-41H. The van der Waals surface area contributed by atoms with Crippen molar-refractivity contribution in [2.45, 2.75) is 10.8 Å². The highest BCUT2D eigenvalue weighted by Gasteiger charge is 2.59. The summed E-state index contributed by atoms with van der Waals surface area (Å²) in [6, 6.07) is 90.7. The molecule has 0 saturated heterocycles. The molecule has 0 amide bonds. The summed E-state index contributed by atoms with van der Waals surface area (Å²) in [6.45, 7) is 0. The van der Waals surface area contributed by atoms with Gasteiger partial charge >= 0.3 is 0 Å². The average Bonchev–Trinajstić information content (AvgIpc) is 3.89. The van der Waals surface area contributed by atoms with Crippen molar-refractivity contribution in [3.8, 4) is 78.7 Å². The summed E-state index contributed by atoms with van der Waals surface area (Å²) in [5.74, 6) is 1.90. The Morgan fingerprint density at radius 3 is 0.882 bits per heavy atom. The molecule has 0 atom stereocenters. The lowest BCUT2D eigenvalue weighted by Gasteiger charge is -2.49. The summed E-state index contributed by atoms with van der Waals surface area (Å²) in [6.07, 6.45) is 0. The summed E-state index contributed by atoms with van der Waals surface area (Å²) in [4.78, 5) is 15.9. The second kappa shape index (κ2) is 14.9. The molecule has 316 valence electrons. The fourth-order valence-corrected chi connectivity index (χ4v) is 12.0. The highest BCUT2D eigenvalue weighted by Crippen LogP contribution is 2.67. The van der Waals surface area contributed by atoms with Crippen LogP contribution in [0.2, 0.25) is 0 Å². The topological polar surface area (TPSA) is 38.7 Å². The summed E-state index contributed by atoms with van der Waals surface area (Å²) < 4.78 is 0. The quantitative estimate of drug-likeness (QED) is 0.173. The molecule has 0 fully saturated rings. The number of aromatic nitrogens is 3. The fraction of sp³-hybridized carbons (Fsp3) is 0.0308. The van der Waals surface area contributed by atoms with Crippen LogP contribution in [0.1, 0.15) is 44.5 Å². The number of fused-ring (bicyclic) bond motifs is 16. The number of hydrogen-bond donors (Lipinski definition) is 0. The van der Waals surface area contributed by atoms with Gasteiger partial charge in [0.15, 0.2) is 17.5 Å². The van der Waals surface area contributed by atoms with Crippen LogP contribution in [-0.4, -0.2) is 15.0 Å². The largest absolute Gasteiger partial charge is 0.208 e. The SMILES string of the molecule is c1ccc(-c2ccc(-c3ccc(-c4nc(-c5ccccc5)nc(-c5ccc6c(c5)C5(c7ccccc7-c7ccccc75)c5ccccc5C65c6ccccc6-c6ccccc65)n4)cc3)cc2)cc1. The van der Waals surface area contributed by atoms with E-state index in [1.807, 2.05) is 18.2 Å². The van der Waals surface area contributed by atoms with Crippen molar-refractivity contribution < 1.29 is 0 Å². The van der Waals surface area contributed by atoms with Crippen LogP contribution in [0.4, 0.5) is 0 Å². The minimum atomic E-state index is -0.625. The minimum absolute atomic E-state index is 0.571. The van der Waals surface area contributed by atoms with Crippen LogP contribution in [0.15, 0.2) is 249 Å². The molecule has 0 aliphatic heterocycles. The van der Waals surface area contributed by atoms with Crippen LogP contribution in [0.5, 0.6) is 0 Å². The lowest BCUT2D eigenvalue weighted by molar-refractivity contribution is 0.633. The molecule has 0 bridgehead atoms. The molecule has 10 aromatic carbocycles. The molecule has 0 unspecified atom stereocenters. The zero-order valence-corrected chi connectivity index (χ0v) is 37.0. The predicted molar refractivity (Wildman–Crippen MR) is 275 cm³/mol. The highest BCUT2D eigenvalue weighted by atomic mass is 15.0. The van der Waals surface area contributed by atoms with Crippen molar-refractivity contribution in [1.82, 2.24) is 15.0 Å². The Morgan fingerprint density at radius 1 is 0.191 bits per heavy atom. The van der Waals surface area contributed by atoms with Crippen molar-refractivity contribution >= 4 is 0 Å². The van der Waals surface area contributed by atoms with E-state index in [1.54, 1.807) is 0 Å². The lowest BCUT2D eigenvalue weighted by atomic mass is 9.52. The zero-order valence-electron chi connectivity index (χ0n) is 37.0. The molecule has 0 saturated carbocycles. The molecule has 0 N–H and O–H groups in total. The van der Waals surface area contributed by atoms with E-state index in [1.165, 1.54) is 77.9 Å². The first-order chi connectivity index (χ1) is 33.7. The second-order valence-corrected chi connectivity index (χ2v) is 18.2. The Balaban J connectivity index is 0.997. The van der Waals surface area contributed by atoms with Crippen LogP contribution in [0, 0.1) is 0 Å². The average molecular weight is 864 g/mol. The molecular weight excluding hydrogens is 823 g/mol. The summed E-state index contributed by atoms with van der Waals surface area (Å²) in [5, 5.41) is 0. The number of hydrogen-bond acceptors (Lipinski definition) is 3. The Morgan fingerprint density at radius 2 is 0.456 bits per heavy atom. The first kappa shape index (κ1) is 38.5. The van der Waals surface area contributed by atoms with E-state index in [0.717, 1.165) is 27.8 Å². The molecule has 2 spiro atoms. The molecule has 3 aliphatic carbocycles. The molecule has 1 heterocycles. The van der Waals surface area contributed by atoms with E-state index in [2.05, 4.69) is 231 Å². The van der Waals surface area contributed by atoms with Crippen LogP contribution < -0.4 is 0 Å². The molecule has 0 radical (unpaired) electrons. The summed E-state index contributed by atoms with van der Waals surface area (Å²) in [7, 11) is 0. The van der Waals surface area contributed by atoms with E-state index in [9.17, 15) is 0 Å². The minimum Gasteiger partial charge on any atom is -0.208 e. The highest BCUT2D eigenvalue weighted by molar-refractivity contribution is 5.94. The van der Waals surface area contributed by atoms with E-state index in [0.29, 0.717) is 17.5 Å². The first-order valence-electron chi connectivity index (χ1n) is 23.4. The smallest absolute Gasteiger partial charge is 0.164 e. The molecular formula is C65H41N3. The molecule has 3 aliphatic rings. The van der Waals surface area contributed by atoms with Gasteiger partial charge in [-0.2, -0.15) is 0 Å². The van der Waals surface area contributed by atoms with Gasteiger partial charge in [0.05, 0.1) is 10.8 Å². The van der Waals surface area contributed by atoms with E-state index in [4.69, 9.17) is 15.0 Å². The predicted octanol–water partition coefficient (Wildman–Crippen LogP) is 15.2. The van der Waals surface area contributed by atoms with Crippen molar-refractivity contribution in [1.29, 1.82) is 0 Å². The number of benzene rings is 10. The van der Waals surface area contributed by atoms with Crippen molar-refractivity contribution in [3.63, 3.8) is 0 Å². The third kappa shape index (κ3) is 5.39. The van der Waals surface area contributed by atoms with Crippen molar-refractivity contribution in [2.24, 2.45) is 0 Å². The van der Waals surface area contributed by atoms with Crippen LogP contribution >= 0.6 is 0 Å². The van der Waals surface area contributed by atoms with Gasteiger partial charge in [0.1, 0.15) is 0 Å². The molecule has 3 nitrogen and oxygen atoms in total. The molecule has 11 aromatic rings. The third-order valence-electron chi connectivity index (χ3n) is 14.9. The summed E-state index contributed by atoms with van der Waals surface area (Å²) >= 11 is 0. The zero-order chi connectivity index (χ0) is 44.8. The Hall–Kier alpha value is -8.79. The fourth-order valence-electron chi connectivity index (χ4n) is 12.0. The van der Waals surface area contributed by atoms with Gasteiger partial charge in [0.25, 0.3) is 0 Å². The van der Waals surface area contributed by atoms with Crippen LogP contribution in [-0.2, 0) is 10.8 Å². The Labute approximate surface area is 395 Å². The first-order valence-corrected chi connectivity index (χ1v) is 23.4. The number of rotatable bonds is 5. The maximum absolute atomic E-state index is 5.38. The van der Waals surface area contributed by atoms with Gasteiger partial charge in [0, 0.05) is 16.7 Å². The number of nitrogens with zero attached hydrogens (tertiary/aromatic N) is 3. The van der Waals surface area contributed by atoms with E-state index < -0.39 is 10.8 Å².